The summed E-state index contributed by atoms with van der Waals surface area (Å²) in [6.07, 6.45) is 3.94. The first kappa shape index (κ1) is 42.6. The lowest BCUT2D eigenvalue weighted by Gasteiger charge is -2.26. The summed E-state index contributed by atoms with van der Waals surface area (Å²) >= 11 is 0. The SMILES string of the molecule is CCC1=C(C)C(C)(C)c2cc3c(cc21)C(C)(C)C(C)=C3CC.CCN1C(=Cc2c(O)c(=O)c2=O)C(C)(C)c2c1ccc1ccccc21.Cc1ccc(S(=O)(=O)O)cc1. The van der Waals surface area contributed by atoms with E-state index in [2.05, 4.69) is 117 Å². The van der Waals surface area contributed by atoms with Gasteiger partial charge in [0.1, 0.15) is 0 Å². The van der Waals surface area contributed by atoms with Crippen molar-refractivity contribution in [3.63, 3.8) is 0 Å². The number of rotatable bonds is 5. The maximum Gasteiger partial charge on any atom is 0.294 e. The average molecular weight is 800 g/mol. The highest BCUT2D eigenvalue weighted by atomic mass is 32.2. The highest BCUT2D eigenvalue weighted by molar-refractivity contribution is 7.85. The Bertz CT molecular complexity index is 2690. The van der Waals surface area contributed by atoms with Crippen LogP contribution in [-0.4, -0.2) is 24.6 Å². The second-order valence-electron chi connectivity index (χ2n) is 17.4. The van der Waals surface area contributed by atoms with Gasteiger partial charge in [-0.15, -0.1) is 0 Å². The van der Waals surface area contributed by atoms with Gasteiger partial charge in [0, 0.05) is 34.2 Å². The summed E-state index contributed by atoms with van der Waals surface area (Å²) in [6, 6.07) is 23.5. The molecule has 304 valence electrons. The molecule has 58 heavy (non-hydrogen) atoms. The molecular weight excluding hydrogens is 743 g/mol. The lowest BCUT2D eigenvalue weighted by Crippen LogP contribution is -2.34. The zero-order valence-corrected chi connectivity index (χ0v) is 36.8. The van der Waals surface area contributed by atoms with Crippen LogP contribution in [0.1, 0.15) is 128 Å². The molecule has 0 spiro atoms. The van der Waals surface area contributed by atoms with Crippen molar-refractivity contribution in [2.75, 3.05) is 11.4 Å². The van der Waals surface area contributed by atoms with Crippen LogP contribution in [0.15, 0.2) is 104 Å². The summed E-state index contributed by atoms with van der Waals surface area (Å²) < 4.78 is 29.6. The molecule has 0 amide bonds. The van der Waals surface area contributed by atoms with Gasteiger partial charge in [0.25, 0.3) is 15.5 Å². The van der Waals surface area contributed by atoms with E-state index in [1.54, 1.807) is 40.5 Å². The Hall–Kier alpha value is -5.05. The molecular formula is C50H57NO6S. The van der Waals surface area contributed by atoms with Crippen LogP contribution in [0.4, 0.5) is 5.69 Å². The van der Waals surface area contributed by atoms with Crippen molar-refractivity contribution in [1.82, 2.24) is 0 Å². The fraction of sp³-hybridized carbons (Fsp3) is 0.360. The van der Waals surface area contributed by atoms with Crippen molar-refractivity contribution in [2.24, 2.45) is 0 Å². The van der Waals surface area contributed by atoms with Gasteiger partial charge in [0.15, 0.2) is 5.75 Å². The molecule has 5 aromatic rings. The molecule has 7 nitrogen and oxygen atoms in total. The summed E-state index contributed by atoms with van der Waals surface area (Å²) in [5, 5.41) is 12.1. The molecule has 1 aliphatic heterocycles. The average Bonchev–Trinajstić information content (AvgIpc) is 3.62. The van der Waals surface area contributed by atoms with Gasteiger partial charge in [-0.3, -0.25) is 14.1 Å². The van der Waals surface area contributed by atoms with Gasteiger partial charge in [-0.1, -0.05) is 115 Å². The van der Waals surface area contributed by atoms with Gasteiger partial charge in [-0.25, -0.2) is 0 Å². The largest absolute Gasteiger partial charge is 0.504 e. The van der Waals surface area contributed by atoms with Crippen LogP contribution in [0, 0.1) is 6.92 Å². The summed E-state index contributed by atoms with van der Waals surface area (Å²) in [4.78, 5) is 25.3. The summed E-state index contributed by atoms with van der Waals surface area (Å²) in [6.45, 7) is 27.7. The third kappa shape index (κ3) is 6.78. The molecule has 2 N–H and O–H groups in total. The quantitative estimate of drug-likeness (QED) is 0.134. The Kier molecular flexibility index (Phi) is 11.0. The second-order valence-corrected chi connectivity index (χ2v) is 18.8. The molecule has 3 aliphatic rings. The first-order valence-electron chi connectivity index (χ1n) is 20.2. The fourth-order valence-corrected chi connectivity index (χ4v) is 9.80. The van der Waals surface area contributed by atoms with Crippen molar-refractivity contribution in [2.45, 2.75) is 117 Å². The number of hydrogen-bond acceptors (Lipinski definition) is 6. The number of likely N-dealkylation sites (N-methyl/N-ethyl adjacent to an activating group) is 1. The zero-order chi connectivity index (χ0) is 42.9. The number of benzene rings is 4. The summed E-state index contributed by atoms with van der Waals surface area (Å²) in [5.41, 5.74) is 15.3. The maximum absolute atomic E-state index is 11.8. The van der Waals surface area contributed by atoms with E-state index < -0.39 is 26.7 Å². The topological polar surface area (TPSA) is 112 Å². The van der Waals surface area contributed by atoms with Crippen LogP contribution in [0.25, 0.3) is 28.0 Å². The summed E-state index contributed by atoms with van der Waals surface area (Å²) in [5.74, 6) is -0.426. The van der Waals surface area contributed by atoms with Crippen molar-refractivity contribution in [1.29, 1.82) is 0 Å². The molecule has 0 aromatic heterocycles. The Labute approximate surface area is 343 Å². The molecule has 0 bridgehead atoms. The molecule has 8 heteroatoms. The molecule has 2 aliphatic carbocycles. The predicted octanol–water partition coefficient (Wildman–Crippen LogP) is 11.2. The number of hydrogen-bond donors (Lipinski definition) is 2. The number of aryl methyl sites for hydroxylation is 1. The van der Waals surface area contributed by atoms with E-state index in [4.69, 9.17) is 4.55 Å². The Morgan fingerprint density at radius 3 is 1.67 bits per heavy atom. The van der Waals surface area contributed by atoms with Gasteiger partial charge < -0.3 is 10.0 Å². The standard InChI is InChI=1S/C22H30.C21H19NO3.C7H8O3S/c1-9-15-13(3)21(5,6)19-12-18-16(10-2)14(4)22(7,8)20(18)11-17(15)19;1-4-22-15-10-9-12-7-5-6-8-13(12)17(15)21(2,3)16(22)11-14-18(23)20(25)19(14)24;1-6-2-4-7(5-3-6)11(8,9)10/h11-12H,9-10H2,1-8H3;5-11,23H,4H2,1-3H3;2-5H,1H3,(H,8,9,10). The molecule has 0 unspecified atom stereocenters. The van der Waals surface area contributed by atoms with E-state index in [0.717, 1.165) is 36.3 Å². The van der Waals surface area contributed by atoms with Crippen molar-refractivity contribution >= 4 is 43.8 Å². The Morgan fingerprint density at radius 2 is 1.21 bits per heavy atom. The van der Waals surface area contributed by atoms with E-state index in [1.807, 2.05) is 19.1 Å². The van der Waals surface area contributed by atoms with E-state index in [0.29, 0.717) is 0 Å². The van der Waals surface area contributed by atoms with Gasteiger partial charge in [-0.2, -0.15) is 8.42 Å². The number of fused-ring (bicyclic) bond motifs is 5. The van der Waals surface area contributed by atoms with Gasteiger partial charge >= 0.3 is 0 Å². The fourth-order valence-electron chi connectivity index (χ4n) is 9.32. The molecule has 0 fully saturated rings. The van der Waals surface area contributed by atoms with Crippen LogP contribution >= 0.6 is 0 Å². The van der Waals surface area contributed by atoms with Crippen LogP contribution < -0.4 is 15.8 Å². The summed E-state index contributed by atoms with van der Waals surface area (Å²) in [7, 11) is -4.02. The maximum atomic E-state index is 11.8. The highest BCUT2D eigenvalue weighted by Crippen LogP contribution is 2.54. The Balaban J connectivity index is 0.000000157. The van der Waals surface area contributed by atoms with E-state index in [-0.39, 0.29) is 26.7 Å². The highest BCUT2D eigenvalue weighted by Gasteiger charge is 2.42. The molecule has 5 aromatic carbocycles. The second kappa shape index (κ2) is 15.0. The molecule has 8 rings (SSSR count). The van der Waals surface area contributed by atoms with E-state index >= 15 is 0 Å². The minimum absolute atomic E-state index is 0.0666. The normalized spacial score (nSPS) is 17.9. The lowest BCUT2D eigenvalue weighted by atomic mass is 9.78. The van der Waals surface area contributed by atoms with Gasteiger partial charge in [-0.05, 0) is 127 Å². The third-order valence-corrected chi connectivity index (χ3v) is 14.1. The van der Waals surface area contributed by atoms with Crippen molar-refractivity contribution < 1.29 is 18.1 Å². The predicted molar refractivity (Wildman–Crippen MR) is 240 cm³/mol. The van der Waals surface area contributed by atoms with Gasteiger partial charge in [0.05, 0.1) is 10.5 Å². The molecule has 0 saturated carbocycles. The first-order chi connectivity index (χ1) is 27.0. The number of aromatic hydroxyl groups is 1. The first-order valence-corrected chi connectivity index (χ1v) is 21.7. The molecule has 0 radical (unpaired) electrons. The molecule has 1 heterocycles. The smallest absolute Gasteiger partial charge is 0.294 e. The minimum atomic E-state index is -4.02. The van der Waals surface area contributed by atoms with E-state index in [9.17, 15) is 23.1 Å². The number of allylic oxidation sites excluding steroid dienone is 5. The van der Waals surface area contributed by atoms with E-state index in [1.165, 1.54) is 50.7 Å². The van der Waals surface area contributed by atoms with Crippen molar-refractivity contribution in [3.05, 3.63) is 149 Å². The van der Waals surface area contributed by atoms with Gasteiger partial charge in [0.2, 0.25) is 5.43 Å². The van der Waals surface area contributed by atoms with Crippen LogP contribution in [0.2, 0.25) is 0 Å². The van der Waals surface area contributed by atoms with Crippen molar-refractivity contribution in [3.8, 4) is 5.75 Å². The van der Waals surface area contributed by atoms with Crippen LogP contribution in [0.5, 0.6) is 5.75 Å². The monoisotopic (exact) mass is 799 g/mol. The lowest BCUT2D eigenvalue weighted by molar-refractivity contribution is 0.461. The van der Waals surface area contributed by atoms with Crippen LogP contribution in [0.3, 0.4) is 0 Å². The van der Waals surface area contributed by atoms with Crippen LogP contribution in [-0.2, 0) is 26.4 Å². The third-order valence-electron chi connectivity index (χ3n) is 13.2. The molecule has 0 atom stereocenters. The molecule has 0 saturated heterocycles. The zero-order valence-electron chi connectivity index (χ0n) is 36.0. The Morgan fingerprint density at radius 1 is 0.690 bits per heavy atom. The number of anilines is 1. The minimum Gasteiger partial charge on any atom is -0.504 e. The number of nitrogens with zero attached hydrogens (tertiary/aromatic N) is 1.